The highest BCUT2D eigenvalue weighted by atomic mass is 16.5. The lowest BCUT2D eigenvalue weighted by atomic mass is 9.44. The molecule has 154 valence electrons. The SMILES string of the molecule is CCC[C@]1(O)CC[C@H]2[C@H]3CC[C@H]4C[C@@H](OC(C)=O)CC[C@]4(C)[C@@H]3CC[C@@]21C. The van der Waals surface area contributed by atoms with Crippen molar-refractivity contribution in [2.45, 2.75) is 110 Å². The summed E-state index contributed by atoms with van der Waals surface area (Å²) in [5.41, 5.74) is 0.108. The van der Waals surface area contributed by atoms with Crippen molar-refractivity contribution in [1.29, 1.82) is 0 Å². The zero-order valence-corrected chi connectivity index (χ0v) is 17.9. The molecule has 0 amide bonds. The molecule has 3 heteroatoms. The van der Waals surface area contributed by atoms with Gasteiger partial charge in [0, 0.05) is 6.92 Å². The number of esters is 1. The second-order valence-corrected chi connectivity index (χ2v) is 10.9. The Morgan fingerprint density at radius 2 is 1.78 bits per heavy atom. The van der Waals surface area contributed by atoms with Gasteiger partial charge in [0.15, 0.2) is 0 Å². The number of carbonyl (C=O) groups excluding carboxylic acids is 1. The van der Waals surface area contributed by atoms with Crippen LogP contribution >= 0.6 is 0 Å². The van der Waals surface area contributed by atoms with Crippen molar-refractivity contribution in [3.63, 3.8) is 0 Å². The minimum atomic E-state index is -0.428. The minimum Gasteiger partial charge on any atom is -0.463 e. The Morgan fingerprint density at radius 3 is 2.48 bits per heavy atom. The highest BCUT2D eigenvalue weighted by Crippen LogP contribution is 2.68. The van der Waals surface area contributed by atoms with E-state index in [2.05, 4.69) is 20.8 Å². The third-order valence-corrected chi connectivity index (χ3v) is 9.94. The summed E-state index contributed by atoms with van der Waals surface area (Å²) in [7, 11) is 0. The summed E-state index contributed by atoms with van der Waals surface area (Å²) in [6, 6.07) is 0. The smallest absolute Gasteiger partial charge is 0.302 e. The minimum absolute atomic E-state index is 0.119. The second-order valence-electron chi connectivity index (χ2n) is 10.9. The molecule has 0 heterocycles. The first-order valence-electron chi connectivity index (χ1n) is 11.6. The first kappa shape index (κ1) is 19.7. The highest BCUT2D eigenvalue weighted by molar-refractivity contribution is 5.66. The van der Waals surface area contributed by atoms with E-state index in [9.17, 15) is 9.90 Å². The topological polar surface area (TPSA) is 46.5 Å². The zero-order valence-electron chi connectivity index (χ0n) is 17.9. The fourth-order valence-electron chi connectivity index (χ4n) is 8.49. The Hall–Kier alpha value is -0.570. The van der Waals surface area contributed by atoms with Crippen LogP contribution < -0.4 is 0 Å². The van der Waals surface area contributed by atoms with Crippen LogP contribution in [0.25, 0.3) is 0 Å². The predicted octanol–water partition coefficient (Wildman–Crippen LogP) is 5.49. The van der Waals surface area contributed by atoms with E-state index in [0.29, 0.717) is 17.3 Å². The van der Waals surface area contributed by atoms with Gasteiger partial charge in [-0.25, -0.2) is 0 Å². The maximum Gasteiger partial charge on any atom is 0.302 e. The fraction of sp³-hybridized carbons (Fsp3) is 0.958. The van der Waals surface area contributed by atoms with Crippen molar-refractivity contribution < 1.29 is 14.6 Å². The summed E-state index contributed by atoms with van der Waals surface area (Å²) in [6.45, 7) is 8.73. The second kappa shape index (κ2) is 6.75. The van der Waals surface area contributed by atoms with Crippen LogP contribution in [-0.2, 0) is 9.53 Å². The summed E-state index contributed by atoms with van der Waals surface area (Å²) in [5.74, 6) is 2.89. The third-order valence-electron chi connectivity index (χ3n) is 9.94. The Kier molecular flexibility index (Phi) is 4.93. The number of ether oxygens (including phenoxy) is 1. The van der Waals surface area contributed by atoms with Crippen LogP contribution in [0, 0.1) is 34.5 Å². The molecule has 8 atom stereocenters. The average Bonchev–Trinajstić information content (AvgIpc) is 2.86. The van der Waals surface area contributed by atoms with Crippen molar-refractivity contribution in [3.8, 4) is 0 Å². The summed E-state index contributed by atoms with van der Waals surface area (Å²) >= 11 is 0. The molecule has 4 rings (SSSR count). The van der Waals surface area contributed by atoms with Crippen molar-refractivity contribution >= 4 is 5.97 Å². The van der Waals surface area contributed by atoms with E-state index in [1.807, 2.05) is 0 Å². The van der Waals surface area contributed by atoms with E-state index in [1.165, 1.54) is 38.5 Å². The van der Waals surface area contributed by atoms with Crippen LogP contribution in [-0.4, -0.2) is 22.8 Å². The van der Waals surface area contributed by atoms with E-state index in [0.717, 1.165) is 43.9 Å². The Balaban J connectivity index is 1.54. The van der Waals surface area contributed by atoms with E-state index in [4.69, 9.17) is 4.74 Å². The quantitative estimate of drug-likeness (QED) is 0.662. The van der Waals surface area contributed by atoms with Crippen LogP contribution in [0.2, 0.25) is 0 Å². The van der Waals surface area contributed by atoms with Crippen molar-refractivity contribution in [2.24, 2.45) is 34.5 Å². The molecule has 0 bridgehead atoms. The maximum atomic E-state index is 11.5. The molecular formula is C24H40O3. The Bertz CT molecular complexity index is 588. The van der Waals surface area contributed by atoms with Gasteiger partial charge in [0.25, 0.3) is 0 Å². The van der Waals surface area contributed by atoms with Gasteiger partial charge in [0.1, 0.15) is 6.10 Å². The number of aliphatic hydroxyl groups is 1. The van der Waals surface area contributed by atoms with Gasteiger partial charge in [-0.15, -0.1) is 0 Å². The van der Waals surface area contributed by atoms with Gasteiger partial charge in [0.05, 0.1) is 5.60 Å². The monoisotopic (exact) mass is 376 g/mol. The Morgan fingerprint density at radius 1 is 1.04 bits per heavy atom. The highest BCUT2D eigenvalue weighted by Gasteiger charge is 2.64. The summed E-state index contributed by atoms with van der Waals surface area (Å²) in [4.78, 5) is 11.4. The largest absolute Gasteiger partial charge is 0.463 e. The lowest BCUT2D eigenvalue weighted by Gasteiger charge is -2.61. The van der Waals surface area contributed by atoms with E-state index >= 15 is 0 Å². The predicted molar refractivity (Wildman–Crippen MR) is 107 cm³/mol. The molecule has 4 saturated carbocycles. The van der Waals surface area contributed by atoms with Crippen LogP contribution in [0.4, 0.5) is 0 Å². The van der Waals surface area contributed by atoms with Gasteiger partial charge in [-0.05, 0) is 98.7 Å². The molecule has 3 nitrogen and oxygen atoms in total. The molecular weight excluding hydrogens is 336 g/mol. The number of fused-ring (bicyclic) bond motifs is 5. The number of carbonyl (C=O) groups is 1. The van der Waals surface area contributed by atoms with Gasteiger partial charge in [-0.2, -0.15) is 0 Å². The number of rotatable bonds is 3. The molecule has 1 N–H and O–H groups in total. The van der Waals surface area contributed by atoms with Gasteiger partial charge in [-0.1, -0.05) is 27.2 Å². The summed E-state index contributed by atoms with van der Waals surface area (Å²) < 4.78 is 5.59. The normalized spacial score (nSPS) is 51.8. The molecule has 0 spiro atoms. The lowest BCUT2D eigenvalue weighted by molar-refractivity contribution is -0.170. The maximum absolute atomic E-state index is 11.5. The fourth-order valence-corrected chi connectivity index (χ4v) is 8.49. The molecule has 4 aliphatic carbocycles. The van der Waals surface area contributed by atoms with Crippen LogP contribution in [0.1, 0.15) is 98.3 Å². The number of hydrogen-bond donors (Lipinski definition) is 1. The van der Waals surface area contributed by atoms with Crippen LogP contribution in [0.15, 0.2) is 0 Å². The van der Waals surface area contributed by atoms with Crippen LogP contribution in [0.3, 0.4) is 0 Å². The summed E-state index contributed by atoms with van der Waals surface area (Å²) in [5, 5.41) is 11.5. The van der Waals surface area contributed by atoms with Crippen LogP contribution in [0.5, 0.6) is 0 Å². The molecule has 0 aromatic carbocycles. The van der Waals surface area contributed by atoms with Gasteiger partial charge in [-0.3, -0.25) is 4.79 Å². The zero-order chi connectivity index (χ0) is 19.4. The van der Waals surface area contributed by atoms with Gasteiger partial charge >= 0.3 is 5.97 Å². The number of hydrogen-bond acceptors (Lipinski definition) is 3. The lowest BCUT2D eigenvalue weighted by Crippen LogP contribution is -2.56. The summed E-state index contributed by atoms with van der Waals surface area (Å²) in [6.07, 6.45) is 12.9. The molecule has 0 radical (unpaired) electrons. The average molecular weight is 377 g/mol. The first-order valence-corrected chi connectivity index (χ1v) is 11.6. The molecule has 4 fully saturated rings. The third kappa shape index (κ3) is 2.90. The van der Waals surface area contributed by atoms with Crippen molar-refractivity contribution in [3.05, 3.63) is 0 Å². The molecule has 27 heavy (non-hydrogen) atoms. The molecule has 0 unspecified atom stereocenters. The van der Waals surface area contributed by atoms with Crippen molar-refractivity contribution in [2.75, 3.05) is 0 Å². The molecule has 4 aliphatic rings. The Labute approximate surface area is 165 Å². The molecule has 0 aromatic rings. The standard InChI is InChI=1S/C24H40O3/c1-5-11-24(26)14-10-21-19-7-6-17-15-18(27-16(2)25)8-12-22(17,3)20(19)9-13-23(21,24)4/h17-21,26H,5-15H2,1-4H3/t17-,18-,19-,20+,21-,22-,23-,24-/m0/s1. The van der Waals surface area contributed by atoms with Gasteiger partial charge < -0.3 is 9.84 Å². The molecule has 0 aromatic heterocycles. The van der Waals surface area contributed by atoms with E-state index < -0.39 is 5.60 Å². The molecule has 0 aliphatic heterocycles. The van der Waals surface area contributed by atoms with E-state index in [1.54, 1.807) is 6.92 Å². The molecule has 0 saturated heterocycles. The van der Waals surface area contributed by atoms with Gasteiger partial charge in [0.2, 0.25) is 0 Å². The van der Waals surface area contributed by atoms with Crippen molar-refractivity contribution in [1.82, 2.24) is 0 Å². The van der Waals surface area contributed by atoms with E-state index in [-0.39, 0.29) is 17.5 Å². The first-order chi connectivity index (χ1) is 12.7.